The summed E-state index contributed by atoms with van der Waals surface area (Å²) in [5, 5.41) is 4.23. The van der Waals surface area contributed by atoms with E-state index in [1.54, 1.807) is 6.07 Å². The van der Waals surface area contributed by atoms with Crippen LogP contribution in [0.5, 0.6) is 0 Å². The van der Waals surface area contributed by atoms with Crippen LogP contribution in [-0.4, -0.2) is 11.5 Å². The van der Waals surface area contributed by atoms with E-state index < -0.39 is 0 Å². The second-order valence-corrected chi connectivity index (χ2v) is 5.21. The van der Waals surface area contributed by atoms with Gasteiger partial charge in [0, 0.05) is 11.9 Å². The molecule has 0 fully saturated rings. The summed E-state index contributed by atoms with van der Waals surface area (Å²) in [6.45, 7) is 3.93. The zero-order valence-electron chi connectivity index (χ0n) is 12.2. The van der Waals surface area contributed by atoms with Crippen LogP contribution >= 0.6 is 0 Å². The van der Waals surface area contributed by atoms with Crippen molar-refractivity contribution in [3.63, 3.8) is 0 Å². The highest BCUT2D eigenvalue weighted by Crippen LogP contribution is 2.15. The smallest absolute Gasteiger partial charge is 0.149 e. The van der Waals surface area contributed by atoms with E-state index in [0.29, 0.717) is 12.1 Å². The molecule has 0 bridgehead atoms. The van der Waals surface area contributed by atoms with Gasteiger partial charge in [-0.05, 0) is 25.1 Å². The van der Waals surface area contributed by atoms with Crippen LogP contribution in [0.4, 0.5) is 4.39 Å². The molecule has 0 unspecified atom stereocenters. The van der Waals surface area contributed by atoms with Gasteiger partial charge in [-0.15, -0.1) is 0 Å². The summed E-state index contributed by atoms with van der Waals surface area (Å²) in [6.07, 6.45) is 6.39. The largest absolute Gasteiger partial charge is 0.311 e. The predicted molar refractivity (Wildman–Crippen MR) is 82.2 cm³/mol. The van der Waals surface area contributed by atoms with E-state index in [4.69, 9.17) is 0 Å². The van der Waals surface area contributed by atoms with Crippen molar-refractivity contribution >= 4 is 10.9 Å². The van der Waals surface area contributed by atoms with Crippen LogP contribution in [0.2, 0.25) is 0 Å². The maximum atomic E-state index is 13.6. The Labute approximate surface area is 120 Å². The van der Waals surface area contributed by atoms with Gasteiger partial charge in [0.1, 0.15) is 11.3 Å². The van der Waals surface area contributed by atoms with Gasteiger partial charge in [0.15, 0.2) is 0 Å². The summed E-state index contributed by atoms with van der Waals surface area (Å²) < 4.78 is 13.6. The van der Waals surface area contributed by atoms with Crippen molar-refractivity contribution in [2.45, 2.75) is 45.6 Å². The van der Waals surface area contributed by atoms with Crippen molar-refractivity contribution < 1.29 is 4.39 Å². The molecule has 0 atom stereocenters. The van der Waals surface area contributed by atoms with Gasteiger partial charge in [0.25, 0.3) is 0 Å². The maximum absolute atomic E-state index is 13.6. The van der Waals surface area contributed by atoms with E-state index in [2.05, 4.69) is 17.2 Å². The molecule has 1 heterocycles. The normalized spacial score (nSPS) is 11.1. The Kier molecular flexibility index (Phi) is 5.93. The number of pyridine rings is 1. The molecule has 0 saturated carbocycles. The molecule has 1 aromatic carbocycles. The highest BCUT2D eigenvalue weighted by atomic mass is 19.1. The van der Waals surface area contributed by atoms with E-state index >= 15 is 0 Å². The third-order valence-electron chi connectivity index (χ3n) is 3.49. The minimum atomic E-state index is -0.246. The molecule has 0 radical (unpaired) electrons. The zero-order valence-corrected chi connectivity index (χ0v) is 12.2. The van der Waals surface area contributed by atoms with Crippen molar-refractivity contribution in [2.24, 2.45) is 0 Å². The fraction of sp³-hybridized carbons (Fsp3) is 0.471. The van der Waals surface area contributed by atoms with Gasteiger partial charge in [0.2, 0.25) is 0 Å². The topological polar surface area (TPSA) is 24.9 Å². The van der Waals surface area contributed by atoms with Gasteiger partial charge in [-0.3, -0.25) is 0 Å². The summed E-state index contributed by atoms with van der Waals surface area (Å²) in [4.78, 5) is 4.38. The number of unbranched alkanes of at least 4 members (excludes halogenated alkanes) is 4. The number of fused-ring (bicyclic) bond motifs is 1. The van der Waals surface area contributed by atoms with Gasteiger partial charge in [0.05, 0.1) is 5.69 Å². The summed E-state index contributed by atoms with van der Waals surface area (Å²) in [5.41, 5.74) is 1.37. The lowest BCUT2D eigenvalue weighted by atomic mass is 10.1. The number of rotatable bonds is 8. The molecule has 2 nitrogen and oxygen atoms in total. The van der Waals surface area contributed by atoms with Crippen LogP contribution in [0.3, 0.4) is 0 Å². The standard InChI is InChI=1S/C17H23FN2/c1-2-3-4-5-6-12-19-13-15-11-10-14-8-7-9-16(18)17(14)20-15/h7-11,19H,2-6,12-13H2,1H3. The van der Waals surface area contributed by atoms with Crippen LogP contribution in [-0.2, 0) is 6.54 Å². The molecule has 2 aromatic rings. The third kappa shape index (κ3) is 4.27. The molecule has 0 spiro atoms. The number of hydrogen-bond donors (Lipinski definition) is 1. The Morgan fingerprint density at radius 3 is 2.75 bits per heavy atom. The van der Waals surface area contributed by atoms with E-state index in [-0.39, 0.29) is 5.82 Å². The second-order valence-electron chi connectivity index (χ2n) is 5.21. The molecule has 0 saturated heterocycles. The van der Waals surface area contributed by atoms with Crippen molar-refractivity contribution in [3.8, 4) is 0 Å². The van der Waals surface area contributed by atoms with Crippen LogP contribution in [0.1, 0.15) is 44.7 Å². The van der Waals surface area contributed by atoms with Crippen molar-refractivity contribution in [1.82, 2.24) is 10.3 Å². The number of halogens is 1. The van der Waals surface area contributed by atoms with Gasteiger partial charge in [-0.25, -0.2) is 9.37 Å². The first-order valence-electron chi connectivity index (χ1n) is 7.56. The van der Waals surface area contributed by atoms with Gasteiger partial charge in [-0.2, -0.15) is 0 Å². The Hall–Kier alpha value is -1.48. The molecule has 2 rings (SSSR count). The second kappa shape index (κ2) is 7.95. The Bertz CT molecular complexity index is 540. The maximum Gasteiger partial charge on any atom is 0.149 e. The summed E-state index contributed by atoms with van der Waals surface area (Å²) >= 11 is 0. The highest BCUT2D eigenvalue weighted by Gasteiger charge is 2.02. The Morgan fingerprint density at radius 2 is 1.90 bits per heavy atom. The first-order valence-corrected chi connectivity index (χ1v) is 7.56. The molecule has 108 valence electrons. The fourth-order valence-corrected chi connectivity index (χ4v) is 2.32. The van der Waals surface area contributed by atoms with E-state index in [0.717, 1.165) is 17.6 Å². The van der Waals surface area contributed by atoms with Crippen LogP contribution < -0.4 is 5.32 Å². The van der Waals surface area contributed by atoms with E-state index in [1.807, 2.05) is 18.2 Å². The average Bonchev–Trinajstić information content (AvgIpc) is 2.47. The lowest BCUT2D eigenvalue weighted by Gasteiger charge is -2.06. The molecular weight excluding hydrogens is 251 g/mol. The molecule has 20 heavy (non-hydrogen) atoms. The van der Waals surface area contributed by atoms with E-state index in [9.17, 15) is 4.39 Å². The molecular formula is C17H23FN2. The Balaban J connectivity index is 1.80. The SMILES string of the molecule is CCCCCCCNCc1ccc2cccc(F)c2n1. The van der Waals surface area contributed by atoms with Gasteiger partial charge < -0.3 is 5.32 Å². The monoisotopic (exact) mass is 274 g/mol. The molecule has 0 aliphatic heterocycles. The molecule has 0 amide bonds. The lowest BCUT2D eigenvalue weighted by molar-refractivity contribution is 0.580. The third-order valence-corrected chi connectivity index (χ3v) is 3.49. The number of benzene rings is 1. The highest BCUT2D eigenvalue weighted by molar-refractivity contribution is 5.79. The van der Waals surface area contributed by atoms with Crippen molar-refractivity contribution in [3.05, 3.63) is 41.8 Å². The van der Waals surface area contributed by atoms with Gasteiger partial charge >= 0.3 is 0 Å². The quantitative estimate of drug-likeness (QED) is 0.720. The van der Waals surface area contributed by atoms with Crippen molar-refractivity contribution in [2.75, 3.05) is 6.54 Å². The lowest BCUT2D eigenvalue weighted by Crippen LogP contribution is -2.15. The summed E-state index contributed by atoms with van der Waals surface area (Å²) in [6, 6.07) is 8.96. The van der Waals surface area contributed by atoms with Crippen molar-refractivity contribution in [1.29, 1.82) is 0 Å². The number of hydrogen-bond acceptors (Lipinski definition) is 2. The average molecular weight is 274 g/mol. The molecule has 0 aliphatic carbocycles. The number of aromatic nitrogens is 1. The molecule has 3 heteroatoms. The number of nitrogens with zero attached hydrogens (tertiary/aromatic N) is 1. The van der Waals surface area contributed by atoms with Gasteiger partial charge in [-0.1, -0.05) is 50.8 Å². The van der Waals surface area contributed by atoms with Crippen LogP contribution in [0, 0.1) is 5.82 Å². The summed E-state index contributed by atoms with van der Waals surface area (Å²) in [5.74, 6) is -0.246. The van der Waals surface area contributed by atoms with Crippen LogP contribution in [0.15, 0.2) is 30.3 Å². The minimum Gasteiger partial charge on any atom is -0.311 e. The first-order chi connectivity index (χ1) is 9.81. The number of nitrogens with one attached hydrogen (secondary N) is 1. The first kappa shape index (κ1) is 14.9. The number of para-hydroxylation sites is 1. The summed E-state index contributed by atoms with van der Waals surface area (Å²) in [7, 11) is 0. The zero-order chi connectivity index (χ0) is 14.2. The minimum absolute atomic E-state index is 0.246. The predicted octanol–water partition coefficient (Wildman–Crippen LogP) is 4.43. The van der Waals surface area contributed by atoms with E-state index in [1.165, 1.54) is 38.2 Å². The molecule has 1 N–H and O–H groups in total. The fourth-order valence-electron chi connectivity index (χ4n) is 2.32. The molecule has 0 aliphatic rings. The molecule has 1 aromatic heterocycles. The Morgan fingerprint density at radius 1 is 1.05 bits per heavy atom. The van der Waals surface area contributed by atoms with Crippen LogP contribution in [0.25, 0.3) is 10.9 Å².